The molecule has 30 heavy (non-hydrogen) atoms. The van der Waals surface area contributed by atoms with Gasteiger partial charge in [0.05, 0.1) is 16.3 Å². The van der Waals surface area contributed by atoms with Crippen LogP contribution in [0.2, 0.25) is 0 Å². The summed E-state index contributed by atoms with van der Waals surface area (Å²) < 4.78 is 38.8. The van der Waals surface area contributed by atoms with E-state index in [0.717, 1.165) is 12.1 Å². The number of piperazine rings is 1. The van der Waals surface area contributed by atoms with Crippen LogP contribution in [0.4, 0.5) is 18.9 Å². The second kappa shape index (κ2) is 7.36. The van der Waals surface area contributed by atoms with Crippen LogP contribution in [0, 0.1) is 0 Å². The van der Waals surface area contributed by atoms with Gasteiger partial charge in [0.2, 0.25) is 0 Å². The van der Waals surface area contributed by atoms with Crippen molar-refractivity contribution in [3.63, 3.8) is 0 Å². The van der Waals surface area contributed by atoms with Crippen molar-refractivity contribution in [2.45, 2.75) is 6.18 Å². The van der Waals surface area contributed by atoms with Crippen LogP contribution in [0.3, 0.4) is 0 Å². The molecule has 156 valence electrons. The molecule has 0 unspecified atom stereocenters. The number of aromatic nitrogens is 2. The van der Waals surface area contributed by atoms with Gasteiger partial charge in [-0.25, -0.2) is 0 Å². The summed E-state index contributed by atoms with van der Waals surface area (Å²) in [5.41, 5.74) is -0.957. The maximum Gasteiger partial charge on any atom is 0.416 e. The van der Waals surface area contributed by atoms with Gasteiger partial charge < -0.3 is 9.80 Å². The molecule has 10 heteroatoms. The molecule has 1 aromatic heterocycles. The molecule has 1 aliphatic rings. The average molecular weight is 418 g/mol. The lowest BCUT2D eigenvalue weighted by Gasteiger charge is -2.36. The van der Waals surface area contributed by atoms with Gasteiger partial charge in [0.25, 0.3) is 17.0 Å². The zero-order valence-corrected chi connectivity index (χ0v) is 15.6. The number of carbonyl (C=O) groups is 1. The topological polar surface area (TPSA) is 89.3 Å². The second-order valence-electron chi connectivity index (χ2n) is 7.00. The van der Waals surface area contributed by atoms with E-state index in [1.165, 1.54) is 24.3 Å². The summed E-state index contributed by atoms with van der Waals surface area (Å²) in [5, 5.41) is 4.75. The number of hydrogen-bond acceptors (Lipinski definition) is 4. The Labute approximate surface area is 167 Å². The maximum absolute atomic E-state index is 12.9. The van der Waals surface area contributed by atoms with Crippen LogP contribution in [0.15, 0.2) is 52.1 Å². The number of fused-ring (bicyclic) bond motifs is 1. The van der Waals surface area contributed by atoms with E-state index in [9.17, 15) is 27.6 Å². The van der Waals surface area contributed by atoms with Crippen molar-refractivity contribution >= 4 is 22.4 Å². The molecule has 2 heterocycles. The SMILES string of the molecule is O=C(c1ccc2c(=O)[nH][nH]c(=O)c2c1)N1CCN(c2cccc(C(F)(F)F)c2)CC1. The Morgan fingerprint density at radius 2 is 1.53 bits per heavy atom. The summed E-state index contributed by atoms with van der Waals surface area (Å²) in [4.78, 5) is 39.9. The first-order valence-corrected chi connectivity index (χ1v) is 9.20. The van der Waals surface area contributed by atoms with E-state index in [0.29, 0.717) is 31.9 Å². The van der Waals surface area contributed by atoms with Crippen molar-refractivity contribution in [2.75, 3.05) is 31.1 Å². The third kappa shape index (κ3) is 3.68. The van der Waals surface area contributed by atoms with E-state index in [1.54, 1.807) is 15.9 Å². The fourth-order valence-corrected chi connectivity index (χ4v) is 3.54. The van der Waals surface area contributed by atoms with Gasteiger partial charge in [-0.15, -0.1) is 0 Å². The molecule has 0 atom stereocenters. The van der Waals surface area contributed by atoms with Gasteiger partial charge in [-0.3, -0.25) is 24.6 Å². The zero-order chi connectivity index (χ0) is 21.5. The summed E-state index contributed by atoms with van der Waals surface area (Å²) in [6.07, 6.45) is -4.41. The Bertz CT molecular complexity index is 1220. The normalized spacial score (nSPS) is 14.9. The molecule has 2 N–H and O–H groups in total. The summed E-state index contributed by atoms with van der Waals surface area (Å²) in [7, 11) is 0. The third-order valence-corrected chi connectivity index (χ3v) is 5.15. The second-order valence-corrected chi connectivity index (χ2v) is 7.00. The van der Waals surface area contributed by atoms with E-state index in [2.05, 4.69) is 10.2 Å². The van der Waals surface area contributed by atoms with Gasteiger partial charge in [-0.1, -0.05) is 6.07 Å². The van der Waals surface area contributed by atoms with Gasteiger partial charge in [-0.2, -0.15) is 13.2 Å². The van der Waals surface area contributed by atoms with Crippen LogP contribution in [-0.4, -0.2) is 47.2 Å². The van der Waals surface area contributed by atoms with Crippen molar-refractivity contribution in [2.24, 2.45) is 0 Å². The lowest BCUT2D eigenvalue weighted by atomic mass is 10.1. The van der Waals surface area contributed by atoms with E-state index < -0.39 is 22.9 Å². The lowest BCUT2D eigenvalue weighted by molar-refractivity contribution is -0.137. The number of anilines is 1. The Morgan fingerprint density at radius 1 is 0.867 bits per heavy atom. The molecule has 4 rings (SSSR count). The van der Waals surface area contributed by atoms with Gasteiger partial charge in [-0.05, 0) is 36.4 Å². The number of hydrogen-bond donors (Lipinski definition) is 2. The number of nitrogens with one attached hydrogen (secondary N) is 2. The Kier molecular flexibility index (Phi) is 4.84. The first kappa shape index (κ1) is 19.7. The predicted molar refractivity (Wildman–Crippen MR) is 105 cm³/mol. The number of nitrogens with zero attached hydrogens (tertiary/aromatic N) is 2. The zero-order valence-electron chi connectivity index (χ0n) is 15.6. The number of alkyl halides is 3. The standard InChI is InChI=1S/C20H17F3N4O3/c21-20(22,23)13-2-1-3-14(11-13)26-6-8-27(9-7-26)19(30)12-4-5-15-16(10-12)18(29)25-24-17(15)28/h1-5,10-11H,6-9H2,(H,24,28)(H,25,29). The molecular weight excluding hydrogens is 401 g/mol. The minimum Gasteiger partial charge on any atom is -0.368 e. The third-order valence-electron chi connectivity index (χ3n) is 5.15. The molecule has 1 fully saturated rings. The summed E-state index contributed by atoms with van der Waals surface area (Å²) >= 11 is 0. The Morgan fingerprint density at radius 3 is 2.20 bits per heavy atom. The number of rotatable bonds is 2. The van der Waals surface area contributed by atoms with Crippen LogP contribution in [-0.2, 0) is 6.18 Å². The monoisotopic (exact) mass is 418 g/mol. The van der Waals surface area contributed by atoms with Gasteiger partial charge in [0.15, 0.2) is 0 Å². The highest BCUT2D eigenvalue weighted by Gasteiger charge is 2.31. The Hall–Kier alpha value is -3.56. The number of aromatic amines is 2. The highest BCUT2D eigenvalue weighted by atomic mass is 19.4. The fraction of sp³-hybridized carbons (Fsp3) is 0.250. The van der Waals surface area contributed by atoms with Crippen molar-refractivity contribution in [1.82, 2.24) is 15.1 Å². The van der Waals surface area contributed by atoms with E-state index >= 15 is 0 Å². The number of benzene rings is 2. The molecule has 0 bridgehead atoms. The molecule has 0 radical (unpaired) electrons. The van der Waals surface area contributed by atoms with E-state index in [1.807, 2.05) is 0 Å². The average Bonchev–Trinajstić information content (AvgIpc) is 2.75. The van der Waals surface area contributed by atoms with Gasteiger partial charge >= 0.3 is 6.18 Å². The van der Waals surface area contributed by atoms with Crippen molar-refractivity contribution in [1.29, 1.82) is 0 Å². The van der Waals surface area contributed by atoms with E-state index in [4.69, 9.17) is 0 Å². The first-order valence-electron chi connectivity index (χ1n) is 9.20. The van der Waals surface area contributed by atoms with Gasteiger partial charge in [0.1, 0.15) is 0 Å². The first-order chi connectivity index (χ1) is 14.2. The molecule has 0 spiro atoms. The molecule has 7 nitrogen and oxygen atoms in total. The number of amides is 1. The number of halogens is 3. The largest absolute Gasteiger partial charge is 0.416 e. The van der Waals surface area contributed by atoms with Crippen LogP contribution in [0.5, 0.6) is 0 Å². The summed E-state index contributed by atoms with van der Waals surface area (Å²) in [5.74, 6) is -0.305. The Balaban J connectivity index is 1.50. The molecule has 2 aromatic carbocycles. The molecule has 3 aromatic rings. The highest BCUT2D eigenvalue weighted by molar-refractivity contribution is 5.98. The van der Waals surface area contributed by atoms with Gasteiger partial charge in [0, 0.05) is 37.4 Å². The summed E-state index contributed by atoms with van der Waals surface area (Å²) in [6, 6.07) is 9.39. The number of carbonyl (C=O) groups excluding carboxylic acids is 1. The summed E-state index contributed by atoms with van der Waals surface area (Å²) in [6.45, 7) is 1.39. The predicted octanol–water partition coefficient (Wildman–Crippen LogP) is 2.20. The minimum absolute atomic E-state index is 0.118. The smallest absolute Gasteiger partial charge is 0.368 e. The molecule has 1 saturated heterocycles. The highest BCUT2D eigenvalue weighted by Crippen LogP contribution is 2.32. The van der Waals surface area contributed by atoms with Crippen molar-refractivity contribution in [3.8, 4) is 0 Å². The van der Waals surface area contributed by atoms with Crippen LogP contribution >= 0.6 is 0 Å². The molecule has 1 amide bonds. The van der Waals surface area contributed by atoms with Crippen molar-refractivity contribution in [3.05, 3.63) is 74.3 Å². The molecule has 0 saturated carbocycles. The fourth-order valence-electron chi connectivity index (χ4n) is 3.54. The van der Waals surface area contributed by atoms with Crippen LogP contribution in [0.1, 0.15) is 15.9 Å². The van der Waals surface area contributed by atoms with Crippen molar-refractivity contribution < 1.29 is 18.0 Å². The molecule has 1 aliphatic heterocycles. The van der Waals surface area contributed by atoms with Crippen LogP contribution < -0.4 is 16.0 Å². The lowest BCUT2D eigenvalue weighted by Crippen LogP contribution is -2.48. The molecular formula is C20H17F3N4O3. The number of H-pyrrole nitrogens is 2. The quantitative estimate of drug-likeness (QED) is 0.668. The molecule has 0 aliphatic carbocycles. The van der Waals surface area contributed by atoms with E-state index in [-0.39, 0.29) is 22.2 Å². The maximum atomic E-state index is 12.9. The minimum atomic E-state index is -4.41. The van der Waals surface area contributed by atoms with Crippen LogP contribution in [0.25, 0.3) is 10.8 Å².